The van der Waals surface area contributed by atoms with Crippen molar-refractivity contribution in [2.75, 3.05) is 0 Å². The maximum Gasteiger partial charge on any atom is 0.249 e. The lowest BCUT2D eigenvalue weighted by atomic mass is 11.0. The van der Waals surface area contributed by atoms with Crippen LogP contribution in [0.1, 0.15) is 6.92 Å². The number of nitriles is 1. The summed E-state index contributed by atoms with van der Waals surface area (Å²) in [6.45, 7) is 1.43. The number of rotatable bonds is 0. The zero-order valence-corrected chi connectivity index (χ0v) is 5.21. The van der Waals surface area contributed by atoms with Crippen LogP contribution in [-0.2, 0) is 0 Å². The van der Waals surface area contributed by atoms with E-state index < -0.39 is 6.16 Å². The highest BCUT2D eigenvalue weighted by atomic mass is 16.6. The molecule has 0 amide bonds. The lowest BCUT2D eigenvalue weighted by Crippen LogP contribution is -2.17. The van der Waals surface area contributed by atoms with E-state index in [1.807, 2.05) is 0 Å². The van der Waals surface area contributed by atoms with E-state index in [9.17, 15) is 0 Å². The normalized spacial score (nSPS) is 3.56. The predicted octanol–water partition coefficient (Wildman–Crippen LogP) is -1.03. The Balaban J connectivity index is -0.0000000233. The second-order valence-corrected chi connectivity index (χ2v) is 0.490. The van der Waals surface area contributed by atoms with E-state index in [1.54, 1.807) is 6.07 Å². The fraction of sp³-hybridized carbons (Fsp3) is 0.333. The average Bonchev–Trinajstić information content (AvgIpc) is 1.33. The molecule has 0 aliphatic carbocycles. The van der Waals surface area contributed by atoms with Crippen LogP contribution in [0.2, 0.25) is 0 Å². The van der Waals surface area contributed by atoms with Crippen LogP contribution in [0.25, 0.3) is 0 Å². The van der Waals surface area contributed by atoms with Crippen molar-refractivity contribution < 1.29 is 20.5 Å². The van der Waals surface area contributed by atoms with Gasteiger partial charge in [-0.05, 0) is 0 Å². The predicted molar refractivity (Wildman–Crippen MR) is 28.9 cm³/mol. The topological polar surface area (TPSA) is 152 Å². The summed E-state index contributed by atoms with van der Waals surface area (Å²) >= 11 is 0. The summed E-state index contributed by atoms with van der Waals surface area (Å²) < 4.78 is 0. The Morgan fingerprint density at radius 1 is 1.78 bits per heavy atom. The minimum absolute atomic E-state index is 0. The quantitative estimate of drug-likeness (QED) is 0.439. The zero-order chi connectivity index (χ0) is 6.28. The van der Waals surface area contributed by atoms with Gasteiger partial charge in [-0.15, -0.1) is 0 Å². The second-order valence-electron chi connectivity index (χ2n) is 0.490. The Bertz CT molecular complexity index is 82.3. The summed E-state index contributed by atoms with van der Waals surface area (Å²) in [6.07, 6.45) is -2.08. The molecule has 0 aliphatic heterocycles. The van der Waals surface area contributed by atoms with Crippen molar-refractivity contribution in [2.45, 2.75) is 6.92 Å². The van der Waals surface area contributed by atoms with Crippen molar-refractivity contribution in [2.24, 2.45) is 0 Å². The van der Waals surface area contributed by atoms with Crippen LogP contribution in [0.3, 0.4) is 0 Å². The molecule has 0 heterocycles. The standard InChI is InChI=1S/C2H3N.CH2O3.H3N.H2O/c1-2-3;2-1(3)4;;/h1H3;(H2,2,3,4);1H3;1H2. The SMILES string of the molecule is CC#N.O.O=C([O-])O.[NH4+]. The summed E-state index contributed by atoms with van der Waals surface area (Å²) in [5.74, 6) is 0. The Morgan fingerprint density at radius 3 is 1.78 bits per heavy atom. The molecular formula is C3H10N2O4. The molecule has 0 aliphatic rings. The highest BCUT2D eigenvalue weighted by Gasteiger charge is 1.51. The number of quaternary nitrogens is 1. The number of carboxylic acid groups (broad SMARTS) is 2. The fourth-order valence-corrected chi connectivity index (χ4v) is 0. The van der Waals surface area contributed by atoms with Crippen LogP contribution in [-0.4, -0.2) is 16.7 Å². The van der Waals surface area contributed by atoms with Crippen LogP contribution in [0, 0.1) is 11.3 Å². The Hall–Kier alpha value is -1.32. The first-order valence-electron chi connectivity index (χ1n) is 1.36. The number of nitrogens with zero attached hydrogens (tertiary/aromatic N) is 1. The second kappa shape index (κ2) is 30.0. The highest BCUT2D eigenvalue weighted by Crippen LogP contribution is 1.32. The number of hydrogen-bond acceptors (Lipinski definition) is 3. The first kappa shape index (κ1) is 25.3. The molecule has 0 unspecified atom stereocenters. The molecule has 0 aromatic heterocycles. The molecule has 6 nitrogen and oxygen atoms in total. The molecule has 0 bridgehead atoms. The van der Waals surface area contributed by atoms with Gasteiger partial charge in [0.2, 0.25) is 6.16 Å². The van der Waals surface area contributed by atoms with Crippen molar-refractivity contribution in [3.05, 3.63) is 0 Å². The Kier molecular flexibility index (Phi) is 84.4. The average molecular weight is 138 g/mol. The van der Waals surface area contributed by atoms with Crippen LogP contribution in [0.4, 0.5) is 4.79 Å². The van der Waals surface area contributed by atoms with E-state index in [1.165, 1.54) is 6.92 Å². The molecule has 0 rings (SSSR count). The minimum Gasteiger partial charge on any atom is -0.565 e. The van der Waals surface area contributed by atoms with Gasteiger partial charge in [0.05, 0.1) is 6.07 Å². The van der Waals surface area contributed by atoms with Crippen molar-refractivity contribution in [3.8, 4) is 6.07 Å². The third kappa shape index (κ3) is 84.0. The summed E-state index contributed by atoms with van der Waals surface area (Å²) in [5.41, 5.74) is 0. The molecular weight excluding hydrogens is 128 g/mol. The monoisotopic (exact) mass is 138 g/mol. The molecule has 0 spiro atoms. The van der Waals surface area contributed by atoms with Crippen LogP contribution < -0.4 is 11.3 Å². The lowest BCUT2D eigenvalue weighted by Gasteiger charge is -1.74. The Morgan fingerprint density at radius 2 is 1.78 bits per heavy atom. The Labute approximate surface area is 52.2 Å². The molecule has 0 saturated heterocycles. The van der Waals surface area contributed by atoms with Gasteiger partial charge >= 0.3 is 0 Å². The third-order valence-electron chi connectivity index (χ3n) is 0. The molecule has 0 radical (unpaired) electrons. The van der Waals surface area contributed by atoms with Crippen LogP contribution in [0.5, 0.6) is 0 Å². The van der Waals surface area contributed by atoms with E-state index in [-0.39, 0.29) is 11.6 Å². The molecule has 0 fully saturated rings. The lowest BCUT2D eigenvalue weighted by molar-refractivity contribution is -0.275. The minimum atomic E-state index is -2.08. The summed E-state index contributed by atoms with van der Waals surface area (Å²) in [7, 11) is 0. The van der Waals surface area contributed by atoms with Gasteiger partial charge in [0, 0.05) is 6.92 Å². The van der Waals surface area contributed by atoms with Gasteiger partial charge in [-0.1, -0.05) is 0 Å². The molecule has 6 heteroatoms. The molecule has 0 aromatic carbocycles. The molecule has 0 saturated carbocycles. The van der Waals surface area contributed by atoms with Gasteiger partial charge < -0.3 is 26.6 Å². The molecule has 0 aromatic rings. The maximum atomic E-state index is 8.44. The maximum absolute atomic E-state index is 8.44. The third-order valence-corrected chi connectivity index (χ3v) is 0. The molecule has 9 heavy (non-hydrogen) atoms. The van der Waals surface area contributed by atoms with Crippen molar-refractivity contribution in [3.63, 3.8) is 0 Å². The van der Waals surface area contributed by atoms with Gasteiger partial charge in [-0.3, -0.25) is 0 Å². The molecule has 0 atom stereocenters. The van der Waals surface area contributed by atoms with Crippen molar-refractivity contribution >= 4 is 6.16 Å². The fourth-order valence-electron chi connectivity index (χ4n) is 0. The smallest absolute Gasteiger partial charge is 0.249 e. The largest absolute Gasteiger partial charge is 0.565 e. The van der Waals surface area contributed by atoms with Crippen LogP contribution >= 0.6 is 0 Å². The number of carbonyl (C=O) groups is 1. The zero-order valence-electron chi connectivity index (χ0n) is 5.21. The van der Waals surface area contributed by atoms with E-state index in [0.29, 0.717) is 0 Å². The first-order valence-corrected chi connectivity index (χ1v) is 1.36. The van der Waals surface area contributed by atoms with Gasteiger partial charge in [0.15, 0.2) is 0 Å². The van der Waals surface area contributed by atoms with E-state index in [2.05, 4.69) is 0 Å². The van der Waals surface area contributed by atoms with Gasteiger partial charge in [0.1, 0.15) is 0 Å². The van der Waals surface area contributed by atoms with E-state index >= 15 is 0 Å². The first-order chi connectivity index (χ1) is 3.15. The highest BCUT2D eigenvalue weighted by molar-refractivity contribution is 5.50. The van der Waals surface area contributed by atoms with E-state index in [4.69, 9.17) is 20.3 Å². The van der Waals surface area contributed by atoms with Crippen molar-refractivity contribution in [1.82, 2.24) is 6.15 Å². The summed E-state index contributed by atoms with van der Waals surface area (Å²) in [4.78, 5) is 8.44. The molecule has 7 N–H and O–H groups in total. The summed E-state index contributed by atoms with van der Waals surface area (Å²) in [5, 5.41) is 22.6. The van der Waals surface area contributed by atoms with Crippen molar-refractivity contribution in [1.29, 1.82) is 5.26 Å². The van der Waals surface area contributed by atoms with E-state index in [0.717, 1.165) is 0 Å². The van der Waals surface area contributed by atoms with Crippen LogP contribution in [0.15, 0.2) is 0 Å². The van der Waals surface area contributed by atoms with Gasteiger partial charge in [-0.25, -0.2) is 0 Å². The summed E-state index contributed by atoms with van der Waals surface area (Å²) in [6, 6.07) is 1.75. The molecule has 56 valence electrons. The van der Waals surface area contributed by atoms with Gasteiger partial charge in [0.25, 0.3) is 0 Å². The van der Waals surface area contributed by atoms with Gasteiger partial charge in [-0.2, -0.15) is 5.26 Å². The number of hydrogen-bond donors (Lipinski definition) is 2.